The number of rotatable bonds is 4. The van der Waals surface area contributed by atoms with Gasteiger partial charge in [-0.1, -0.05) is 6.08 Å². The lowest BCUT2D eigenvalue weighted by atomic mass is 10.5. The van der Waals surface area contributed by atoms with E-state index >= 15 is 0 Å². The second kappa shape index (κ2) is 5.04. The first-order valence-corrected chi connectivity index (χ1v) is 5.18. The molecule has 0 aliphatic heterocycles. The van der Waals surface area contributed by atoms with E-state index < -0.39 is 5.97 Å². The van der Waals surface area contributed by atoms with Crippen LogP contribution in [0.1, 0.15) is 0 Å². The molecule has 1 rings (SSSR count). The molecule has 0 unspecified atom stereocenters. The van der Waals surface area contributed by atoms with E-state index in [2.05, 4.69) is 21.2 Å². The molecule has 0 saturated carbocycles. The number of carboxylic acid groups (broad SMARTS) is 1. The van der Waals surface area contributed by atoms with E-state index in [0.717, 1.165) is 14.9 Å². The molecule has 0 amide bonds. The van der Waals surface area contributed by atoms with E-state index in [0.29, 0.717) is 6.54 Å². The van der Waals surface area contributed by atoms with Crippen molar-refractivity contribution in [1.29, 1.82) is 0 Å². The van der Waals surface area contributed by atoms with Gasteiger partial charge in [0.05, 0.1) is 8.79 Å². The maximum absolute atomic E-state index is 10.1. The van der Waals surface area contributed by atoms with Crippen LogP contribution in [0.15, 0.2) is 28.1 Å². The minimum absolute atomic E-state index is 0.527. The van der Waals surface area contributed by atoms with Crippen molar-refractivity contribution in [3.8, 4) is 0 Å². The molecule has 0 saturated heterocycles. The summed E-state index contributed by atoms with van der Waals surface area (Å²) in [6, 6.07) is 3.87. The van der Waals surface area contributed by atoms with Crippen LogP contribution in [0, 0.1) is 0 Å². The average molecular weight is 262 g/mol. The van der Waals surface area contributed by atoms with Crippen LogP contribution in [0.25, 0.3) is 0 Å². The van der Waals surface area contributed by atoms with Crippen LogP contribution in [0.4, 0.5) is 5.00 Å². The third-order valence-electron chi connectivity index (χ3n) is 1.23. The molecule has 70 valence electrons. The van der Waals surface area contributed by atoms with Gasteiger partial charge in [-0.3, -0.25) is 0 Å². The van der Waals surface area contributed by atoms with Gasteiger partial charge in [-0.05, 0) is 28.1 Å². The molecule has 0 bridgehead atoms. The molecule has 1 aromatic rings. The Kier molecular flexibility index (Phi) is 3.98. The van der Waals surface area contributed by atoms with Gasteiger partial charge in [-0.2, -0.15) is 0 Å². The first-order valence-electron chi connectivity index (χ1n) is 3.57. The molecular formula is C8H8BrNO2S. The van der Waals surface area contributed by atoms with Gasteiger partial charge in [-0.25, -0.2) is 4.79 Å². The van der Waals surface area contributed by atoms with Crippen LogP contribution in [-0.2, 0) is 4.79 Å². The van der Waals surface area contributed by atoms with Gasteiger partial charge >= 0.3 is 5.97 Å². The molecule has 0 atom stereocenters. The molecule has 13 heavy (non-hydrogen) atoms. The molecule has 0 aliphatic rings. The first kappa shape index (κ1) is 10.3. The molecule has 5 heteroatoms. The van der Waals surface area contributed by atoms with E-state index in [1.165, 1.54) is 0 Å². The Morgan fingerprint density at radius 3 is 3.00 bits per heavy atom. The first-order chi connectivity index (χ1) is 6.18. The molecule has 1 heterocycles. The topological polar surface area (TPSA) is 49.3 Å². The maximum Gasteiger partial charge on any atom is 0.328 e. The van der Waals surface area contributed by atoms with E-state index in [1.807, 2.05) is 12.1 Å². The van der Waals surface area contributed by atoms with E-state index in [-0.39, 0.29) is 0 Å². The largest absolute Gasteiger partial charge is 0.478 e. The van der Waals surface area contributed by atoms with Crippen LogP contribution in [0.2, 0.25) is 0 Å². The van der Waals surface area contributed by atoms with Crippen molar-refractivity contribution in [3.63, 3.8) is 0 Å². The third kappa shape index (κ3) is 4.10. The Morgan fingerprint density at radius 2 is 2.46 bits per heavy atom. The fourth-order valence-electron chi connectivity index (χ4n) is 0.729. The number of thiophene rings is 1. The zero-order valence-corrected chi connectivity index (χ0v) is 9.06. The molecule has 0 spiro atoms. The summed E-state index contributed by atoms with van der Waals surface area (Å²) in [6.07, 6.45) is 2.69. The highest BCUT2D eigenvalue weighted by atomic mass is 79.9. The zero-order valence-electron chi connectivity index (χ0n) is 6.66. The van der Waals surface area contributed by atoms with Gasteiger partial charge in [0, 0.05) is 12.6 Å². The number of hydrogen-bond acceptors (Lipinski definition) is 3. The van der Waals surface area contributed by atoms with Gasteiger partial charge in [0.2, 0.25) is 0 Å². The summed E-state index contributed by atoms with van der Waals surface area (Å²) in [5.41, 5.74) is 0. The van der Waals surface area contributed by atoms with Crippen LogP contribution < -0.4 is 5.32 Å². The molecule has 3 nitrogen and oxygen atoms in total. The SMILES string of the molecule is O=C(O)/C=C/CNc1ccc(Br)s1. The zero-order chi connectivity index (χ0) is 9.68. The van der Waals surface area contributed by atoms with Crippen molar-refractivity contribution in [2.24, 2.45) is 0 Å². The highest BCUT2D eigenvalue weighted by Crippen LogP contribution is 2.26. The molecule has 0 radical (unpaired) electrons. The Labute approximate surface area is 88.2 Å². The standard InChI is InChI=1S/C8H8BrNO2S/c9-6-3-4-7(13-6)10-5-1-2-8(11)12/h1-4,10H,5H2,(H,11,12)/b2-1+. The van der Waals surface area contributed by atoms with Crippen molar-refractivity contribution < 1.29 is 9.90 Å². The number of hydrogen-bond donors (Lipinski definition) is 2. The minimum Gasteiger partial charge on any atom is -0.478 e. The normalized spacial score (nSPS) is 10.5. The average Bonchev–Trinajstić information content (AvgIpc) is 2.45. The van der Waals surface area contributed by atoms with Crippen LogP contribution in [0.5, 0.6) is 0 Å². The fourth-order valence-corrected chi connectivity index (χ4v) is 2.02. The van der Waals surface area contributed by atoms with Gasteiger partial charge in [0.15, 0.2) is 0 Å². The lowest BCUT2D eigenvalue weighted by molar-refractivity contribution is -0.131. The Morgan fingerprint density at radius 1 is 1.69 bits per heavy atom. The number of anilines is 1. The summed E-state index contributed by atoms with van der Waals surface area (Å²) >= 11 is 4.90. The van der Waals surface area contributed by atoms with Gasteiger partial charge < -0.3 is 10.4 Å². The van der Waals surface area contributed by atoms with Gasteiger partial charge in [-0.15, -0.1) is 11.3 Å². The number of carbonyl (C=O) groups is 1. The maximum atomic E-state index is 10.1. The molecule has 0 aromatic carbocycles. The third-order valence-corrected chi connectivity index (χ3v) is 2.81. The summed E-state index contributed by atoms with van der Waals surface area (Å²) in [4.78, 5) is 10.1. The predicted molar refractivity (Wildman–Crippen MR) is 57.3 cm³/mol. The van der Waals surface area contributed by atoms with Crippen molar-refractivity contribution in [2.45, 2.75) is 0 Å². The lowest BCUT2D eigenvalue weighted by Gasteiger charge is -1.95. The predicted octanol–water partition coefficient (Wildman–Crippen LogP) is 2.56. The quantitative estimate of drug-likeness (QED) is 0.820. The highest BCUT2D eigenvalue weighted by Gasteiger charge is 1.93. The fraction of sp³-hybridized carbons (Fsp3) is 0.125. The Balaban J connectivity index is 2.31. The monoisotopic (exact) mass is 261 g/mol. The van der Waals surface area contributed by atoms with E-state index in [9.17, 15) is 4.79 Å². The molecule has 1 aromatic heterocycles. The number of carboxylic acids is 1. The van der Waals surface area contributed by atoms with Crippen LogP contribution >= 0.6 is 27.3 Å². The summed E-state index contributed by atoms with van der Waals surface area (Å²) in [5, 5.41) is 12.4. The molecule has 0 aliphatic carbocycles. The number of aliphatic carboxylic acids is 1. The Hall–Kier alpha value is -0.810. The lowest BCUT2D eigenvalue weighted by Crippen LogP contribution is -1.97. The minimum atomic E-state index is -0.922. The molecule has 0 fully saturated rings. The summed E-state index contributed by atoms with van der Waals surface area (Å²) in [5.74, 6) is -0.922. The number of nitrogens with one attached hydrogen (secondary N) is 1. The summed E-state index contributed by atoms with van der Waals surface area (Å²) in [7, 11) is 0. The number of halogens is 1. The summed E-state index contributed by atoms with van der Waals surface area (Å²) < 4.78 is 1.05. The van der Waals surface area contributed by atoms with Crippen molar-refractivity contribution in [1.82, 2.24) is 0 Å². The van der Waals surface area contributed by atoms with Gasteiger partial charge in [0.25, 0.3) is 0 Å². The molecule has 2 N–H and O–H groups in total. The van der Waals surface area contributed by atoms with Crippen LogP contribution in [-0.4, -0.2) is 17.6 Å². The van der Waals surface area contributed by atoms with E-state index in [1.54, 1.807) is 17.4 Å². The van der Waals surface area contributed by atoms with Crippen molar-refractivity contribution >= 4 is 38.2 Å². The highest BCUT2D eigenvalue weighted by molar-refractivity contribution is 9.11. The smallest absolute Gasteiger partial charge is 0.328 e. The van der Waals surface area contributed by atoms with Crippen LogP contribution in [0.3, 0.4) is 0 Å². The molecular weight excluding hydrogens is 254 g/mol. The Bertz CT molecular complexity index is 322. The van der Waals surface area contributed by atoms with Crippen molar-refractivity contribution in [2.75, 3.05) is 11.9 Å². The van der Waals surface area contributed by atoms with Gasteiger partial charge in [0.1, 0.15) is 0 Å². The second-order valence-electron chi connectivity index (χ2n) is 2.23. The van der Waals surface area contributed by atoms with Crippen molar-refractivity contribution in [3.05, 3.63) is 28.1 Å². The van der Waals surface area contributed by atoms with E-state index in [4.69, 9.17) is 5.11 Å². The second-order valence-corrected chi connectivity index (χ2v) is 4.69. The summed E-state index contributed by atoms with van der Waals surface area (Å²) in [6.45, 7) is 0.527.